The van der Waals surface area contributed by atoms with Crippen LogP contribution in [-0.2, 0) is 14.3 Å². The van der Waals surface area contributed by atoms with Crippen molar-refractivity contribution in [3.63, 3.8) is 0 Å². The summed E-state index contributed by atoms with van der Waals surface area (Å²) < 4.78 is 4.96. The third-order valence-corrected chi connectivity index (χ3v) is 3.73. The van der Waals surface area contributed by atoms with Gasteiger partial charge in [-0.05, 0) is 33.6 Å². The number of hydrogen-bond donors (Lipinski definition) is 1. The minimum absolute atomic E-state index is 0.00564. The number of likely N-dealkylation sites (tertiary alicyclic amines) is 1. The quantitative estimate of drug-likeness (QED) is 0.820. The van der Waals surface area contributed by atoms with Gasteiger partial charge >= 0.3 is 6.09 Å². The first-order valence-electron chi connectivity index (χ1n) is 7.83. The van der Waals surface area contributed by atoms with Gasteiger partial charge in [-0.15, -0.1) is 0 Å². The van der Waals surface area contributed by atoms with Crippen molar-refractivity contribution in [2.75, 3.05) is 26.2 Å². The van der Waals surface area contributed by atoms with Crippen molar-refractivity contribution in [2.24, 2.45) is 0 Å². The molecular formula is C15H27N3O4. The number of amides is 3. The number of carbonyl (C=O) groups excluding carboxylic acids is 3. The fraction of sp³-hybridized carbons (Fsp3) is 0.800. The molecule has 0 aromatic rings. The SMILES string of the molecule is CCOC(=O)N1CCC(NC(=O)CN(C(C)=O)C(C)C)CC1. The van der Waals surface area contributed by atoms with E-state index in [1.54, 1.807) is 11.8 Å². The van der Waals surface area contributed by atoms with Crippen molar-refractivity contribution < 1.29 is 19.1 Å². The molecule has 126 valence electrons. The minimum atomic E-state index is -0.296. The number of nitrogens with one attached hydrogen (secondary N) is 1. The maximum Gasteiger partial charge on any atom is 0.409 e. The van der Waals surface area contributed by atoms with Gasteiger partial charge in [0.05, 0.1) is 13.2 Å². The summed E-state index contributed by atoms with van der Waals surface area (Å²) in [6, 6.07) is 0.0352. The molecule has 0 unspecified atom stereocenters. The molecule has 0 bridgehead atoms. The van der Waals surface area contributed by atoms with Crippen molar-refractivity contribution in [2.45, 2.75) is 52.6 Å². The summed E-state index contributed by atoms with van der Waals surface area (Å²) in [6.07, 6.45) is 1.10. The predicted molar refractivity (Wildman–Crippen MR) is 82.3 cm³/mol. The zero-order chi connectivity index (χ0) is 16.7. The van der Waals surface area contributed by atoms with Crippen molar-refractivity contribution in [3.8, 4) is 0 Å². The fourth-order valence-electron chi connectivity index (χ4n) is 2.51. The third kappa shape index (κ3) is 5.54. The molecule has 1 heterocycles. The van der Waals surface area contributed by atoms with Crippen molar-refractivity contribution in [1.82, 2.24) is 15.1 Å². The summed E-state index contributed by atoms with van der Waals surface area (Å²) in [5, 5.41) is 2.94. The molecule has 22 heavy (non-hydrogen) atoms. The second kappa shape index (κ2) is 8.60. The van der Waals surface area contributed by atoms with E-state index in [-0.39, 0.29) is 36.5 Å². The van der Waals surface area contributed by atoms with Crippen LogP contribution in [0.5, 0.6) is 0 Å². The third-order valence-electron chi connectivity index (χ3n) is 3.73. The van der Waals surface area contributed by atoms with E-state index >= 15 is 0 Å². The molecule has 1 rings (SSSR count). The molecule has 1 aliphatic heterocycles. The zero-order valence-electron chi connectivity index (χ0n) is 13.9. The van der Waals surface area contributed by atoms with Crippen LogP contribution < -0.4 is 5.32 Å². The van der Waals surface area contributed by atoms with Gasteiger partial charge in [0.15, 0.2) is 0 Å². The first-order valence-corrected chi connectivity index (χ1v) is 7.83. The Morgan fingerprint density at radius 3 is 2.32 bits per heavy atom. The van der Waals surface area contributed by atoms with Gasteiger partial charge in [0.2, 0.25) is 11.8 Å². The first-order chi connectivity index (χ1) is 10.3. The van der Waals surface area contributed by atoms with Crippen molar-refractivity contribution in [1.29, 1.82) is 0 Å². The summed E-state index contributed by atoms with van der Waals surface area (Å²) >= 11 is 0. The average molecular weight is 313 g/mol. The van der Waals surface area contributed by atoms with Crippen molar-refractivity contribution >= 4 is 17.9 Å². The maximum atomic E-state index is 12.0. The lowest BCUT2D eigenvalue weighted by Gasteiger charge is -2.32. The summed E-state index contributed by atoms with van der Waals surface area (Å²) in [5.41, 5.74) is 0. The molecule has 1 fully saturated rings. The van der Waals surface area contributed by atoms with Crippen LogP contribution in [-0.4, -0.2) is 66.0 Å². The summed E-state index contributed by atoms with van der Waals surface area (Å²) in [5.74, 6) is -0.263. The molecule has 0 radical (unpaired) electrons. The Bertz CT molecular complexity index is 404. The van der Waals surface area contributed by atoms with Crippen LogP contribution in [0.3, 0.4) is 0 Å². The highest BCUT2D eigenvalue weighted by atomic mass is 16.6. The largest absolute Gasteiger partial charge is 0.450 e. The normalized spacial score (nSPS) is 15.6. The van der Waals surface area contributed by atoms with Gasteiger partial charge in [0, 0.05) is 32.1 Å². The molecule has 7 heteroatoms. The second-order valence-electron chi connectivity index (χ2n) is 5.77. The molecule has 7 nitrogen and oxygen atoms in total. The molecule has 1 saturated heterocycles. The van der Waals surface area contributed by atoms with Gasteiger partial charge in [-0.2, -0.15) is 0 Å². The molecule has 0 atom stereocenters. The number of ether oxygens (including phenoxy) is 1. The van der Waals surface area contributed by atoms with E-state index in [1.807, 2.05) is 13.8 Å². The Morgan fingerprint density at radius 1 is 1.27 bits per heavy atom. The molecule has 0 spiro atoms. The van der Waals surface area contributed by atoms with Gasteiger partial charge < -0.3 is 19.9 Å². The van der Waals surface area contributed by atoms with E-state index in [0.717, 1.165) is 0 Å². The number of piperidine rings is 1. The number of rotatable bonds is 5. The number of nitrogens with zero attached hydrogens (tertiary/aromatic N) is 2. The predicted octanol–water partition coefficient (Wildman–Crippen LogP) is 0.980. The van der Waals surface area contributed by atoms with Crippen molar-refractivity contribution in [3.05, 3.63) is 0 Å². The lowest BCUT2D eigenvalue weighted by atomic mass is 10.1. The molecule has 0 aromatic heterocycles. The van der Waals surface area contributed by atoms with E-state index in [4.69, 9.17) is 4.74 Å². The van der Waals surface area contributed by atoms with Gasteiger partial charge in [0.25, 0.3) is 0 Å². The average Bonchev–Trinajstić information content (AvgIpc) is 2.45. The van der Waals surface area contributed by atoms with Gasteiger partial charge in [-0.1, -0.05) is 0 Å². The highest BCUT2D eigenvalue weighted by molar-refractivity contribution is 5.84. The van der Waals surface area contributed by atoms with E-state index in [1.165, 1.54) is 11.8 Å². The molecule has 3 amide bonds. The highest BCUT2D eigenvalue weighted by Gasteiger charge is 2.25. The Labute approximate surface area is 132 Å². The molecule has 1 N–H and O–H groups in total. The van der Waals surface area contributed by atoms with Gasteiger partial charge in [-0.3, -0.25) is 9.59 Å². The van der Waals surface area contributed by atoms with Gasteiger partial charge in [0.1, 0.15) is 0 Å². The molecule has 0 aliphatic carbocycles. The molecular weight excluding hydrogens is 286 g/mol. The Morgan fingerprint density at radius 2 is 1.86 bits per heavy atom. The summed E-state index contributed by atoms with van der Waals surface area (Å²) in [4.78, 5) is 38.3. The smallest absolute Gasteiger partial charge is 0.409 e. The van der Waals surface area contributed by atoms with E-state index in [0.29, 0.717) is 32.5 Å². The first kappa shape index (κ1) is 18.3. The van der Waals surface area contributed by atoms with Crippen LogP contribution in [0.4, 0.5) is 4.79 Å². The Hall–Kier alpha value is -1.79. The fourth-order valence-corrected chi connectivity index (χ4v) is 2.51. The molecule has 0 aromatic carbocycles. The lowest BCUT2D eigenvalue weighted by molar-refractivity contribution is -0.136. The second-order valence-corrected chi connectivity index (χ2v) is 5.77. The summed E-state index contributed by atoms with van der Waals surface area (Å²) in [7, 11) is 0. The number of hydrogen-bond acceptors (Lipinski definition) is 4. The van der Waals surface area contributed by atoms with Gasteiger partial charge in [-0.25, -0.2) is 4.79 Å². The van der Waals surface area contributed by atoms with E-state index in [2.05, 4.69) is 5.32 Å². The van der Waals surface area contributed by atoms with Crippen LogP contribution in [0.1, 0.15) is 40.5 Å². The Balaban J connectivity index is 2.38. The van der Waals surface area contributed by atoms with Crippen LogP contribution in [0.2, 0.25) is 0 Å². The maximum absolute atomic E-state index is 12.0. The Kier molecular flexibility index (Phi) is 7.14. The zero-order valence-corrected chi connectivity index (χ0v) is 13.9. The van der Waals surface area contributed by atoms with Crippen LogP contribution in [0, 0.1) is 0 Å². The highest BCUT2D eigenvalue weighted by Crippen LogP contribution is 2.11. The van der Waals surface area contributed by atoms with Crippen LogP contribution >= 0.6 is 0 Å². The molecule has 0 saturated carbocycles. The van der Waals surface area contributed by atoms with E-state index in [9.17, 15) is 14.4 Å². The van der Waals surface area contributed by atoms with Crippen LogP contribution in [0.25, 0.3) is 0 Å². The summed E-state index contributed by atoms with van der Waals surface area (Å²) in [6.45, 7) is 8.59. The molecule has 1 aliphatic rings. The lowest BCUT2D eigenvalue weighted by Crippen LogP contribution is -2.50. The number of carbonyl (C=O) groups is 3. The monoisotopic (exact) mass is 313 g/mol. The van der Waals surface area contributed by atoms with Crippen LogP contribution in [0.15, 0.2) is 0 Å². The standard InChI is InChI=1S/C15H27N3O4/c1-5-22-15(21)17-8-6-13(7-9-17)16-14(20)10-18(11(2)3)12(4)19/h11,13H,5-10H2,1-4H3,(H,16,20). The topological polar surface area (TPSA) is 79.0 Å². The minimum Gasteiger partial charge on any atom is -0.450 e. The van der Waals surface area contributed by atoms with E-state index < -0.39 is 0 Å².